The van der Waals surface area contributed by atoms with Crippen LogP contribution < -0.4 is 5.73 Å². The van der Waals surface area contributed by atoms with Crippen LogP contribution in [0.15, 0.2) is 30.3 Å². The van der Waals surface area contributed by atoms with Crippen molar-refractivity contribution in [2.45, 2.75) is 31.8 Å². The number of piperazine rings is 1. The van der Waals surface area contributed by atoms with Crippen LogP contribution in [0.4, 0.5) is 0 Å². The van der Waals surface area contributed by atoms with Crippen LogP contribution in [0.1, 0.15) is 26.3 Å². The average Bonchev–Trinajstić information content (AvgIpc) is 2.42. The van der Waals surface area contributed by atoms with Crippen molar-refractivity contribution < 1.29 is 4.79 Å². The van der Waals surface area contributed by atoms with Crippen molar-refractivity contribution in [3.8, 4) is 0 Å². The first kappa shape index (κ1) is 15.0. The van der Waals surface area contributed by atoms with Gasteiger partial charge in [-0.2, -0.15) is 0 Å². The molecule has 1 aromatic rings. The molecular weight excluding hydrogens is 250 g/mol. The van der Waals surface area contributed by atoms with E-state index in [2.05, 4.69) is 25.8 Å². The number of likely N-dealkylation sites (N-methyl/N-ethyl adjacent to an activating group) is 1. The lowest BCUT2D eigenvalue weighted by Crippen LogP contribution is -2.62. The van der Waals surface area contributed by atoms with Gasteiger partial charge in [-0.05, 0) is 33.4 Å². The second-order valence-electron chi connectivity index (χ2n) is 6.53. The lowest BCUT2D eigenvalue weighted by atomic mass is 9.90. The van der Waals surface area contributed by atoms with E-state index < -0.39 is 5.54 Å². The van der Waals surface area contributed by atoms with Gasteiger partial charge in [0, 0.05) is 25.2 Å². The highest BCUT2D eigenvalue weighted by Gasteiger charge is 2.39. The van der Waals surface area contributed by atoms with Crippen LogP contribution in [0.3, 0.4) is 0 Å². The number of amides is 1. The topological polar surface area (TPSA) is 49.6 Å². The molecule has 1 amide bonds. The fourth-order valence-electron chi connectivity index (χ4n) is 2.65. The number of carbonyl (C=O) groups is 1. The molecule has 1 atom stereocenters. The summed E-state index contributed by atoms with van der Waals surface area (Å²) in [5.74, 6) is 0.00451. The zero-order valence-corrected chi connectivity index (χ0v) is 12.9. The molecule has 4 heteroatoms. The Morgan fingerprint density at radius 2 is 1.85 bits per heavy atom. The predicted molar refractivity (Wildman–Crippen MR) is 81.3 cm³/mol. The fourth-order valence-corrected chi connectivity index (χ4v) is 2.65. The molecule has 1 aromatic carbocycles. The van der Waals surface area contributed by atoms with Crippen LogP contribution in [-0.4, -0.2) is 47.9 Å². The lowest BCUT2D eigenvalue weighted by molar-refractivity contribution is -0.141. The van der Waals surface area contributed by atoms with E-state index in [9.17, 15) is 4.79 Å². The van der Waals surface area contributed by atoms with E-state index in [0.717, 1.165) is 18.7 Å². The van der Waals surface area contributed by atoms with Gasteiger partial charge in [0.2, 0.25) is 5.91 Å². The van der Waals surface area contributed by atoms with Gasteiger partial charge in [0.05, 0.1) is 0 Å². The zero-order valence-electron chi connectivity index (χ0n) is 12.9. The van der Waals surface area contributed by atoms with Crippen molar-refractivity contribution >= 4 is 5.91 Å². The summed E-state index contributed by atoms with van der Waals surface area (Å²) < 4.78 is 0. The van der Waals surface area contributed by atoms with Crippen molar-refractivity contribution in [3.63, 3.8) is 0 Å². The highest BCUT2D eigenvalue weighted by molar-refractivity contribution is 5.87. The number of nitrogens with two attached hydrogens (primary N) is 1. The molecular formula is C16H25N3O. The quantitative estimate of drug-likeness (QED) is 0.888. The molecule has 1 aliphatic rings. The minimum absolute atomic E-state index is 0.00451. The lowest BCUT2D eigenvalue weighted by Gasteiger charge is -2.47. The Morgan fingerprint density at radius 3 is 2.40 bits per heavy atom. The third-order valence-electron chi connectivity index (χ3n) is 4.42. The van der Waals surface area contributed by atoms with Crippen molar-refractivity contribution in [3.05, 3.63) is 35.9 Å². The Labute approximate surface area is 121 Å². The summed E-state index contributed by atoms with van der Waals surface area (Å²) >= 11 is 0. The van der Waals surface area contributed by atoms with Crippen LogP contribution in [0.25, 0.3) is 0 Å². The maximum atomic E-state index is 12.8. The van der Waals surface area contributed by atoms with E-state index in [1.807, 2.05) is 35.2 Å². The molecule has 1 unspecified atom stereocenters. The summed E-state index contributed by atoms with van der Waals surface area (Å²) in [5, 5.41) is 0. The Morgan fingerprint density at radius 1 is 1.25 bits per heavy atom. The van der Waals surface area contributed by atoms with Crippen LogP contribution in [0.2, 0.25) is 0 Å². The Kier molecular flexibility index (Phi) is 3.89. The summed E-state index contributed by atoms with van der Waals surface area (Å²) in [6.07, 6.45) is 0. The number of carbonyl (C=O) groups excluding carboxylic acids is 1. The van der Waals surface area contributed by atoms with Gasteiger partial charge in [0.1, 0.15) is 5.54 Å². The molecule has 1 heterocycles. The molecule has 0 bridgehead atoms. The highest BCUT2D eigenvalue weighted by atomic mass is 16.2. The number of hydrogen-bond donors (Lipinski definition) is 1. The molecule has 0 aliphatic carbocycles. The van der Waals surface area contributed by atoms with Crippen molar-refractivity contribution in [2.24, 2.45) is 5.73 Å². The molecule has 4 nitrogen and oxygen atoms in total. The van der Waals surface area contributed by atoms with E-state index in [0.29, 0.717) is 6.54 Å². The van der Waals surface area contributed by atoms with E-state index in [4.69, 9.17) is 5.73 Å². The predicted octanol–water partition coefficient (Wildman–Crippen LogP) is 1.41. The van der Waals surface area contributed by atoms with Crippen LogP contribution in [-0.2, 0) is 10.3 Å². The number of hydrogen-bond acceptors (Lipinski definition) is 3. The summed E-state index contributed by atoms with van der Waals surface area (Å²) in [6.45, 7) is 8.44. The summed E-state index contributed by atoms with van der Waals surface area (Å²) in [5.41, 5.74) is 6.22. The van der Waals surface area contributed by atoms with E-state index in [1.165, 1.54) is 0 Å². The average molecular weight is 275 g/mol. The number of rotatable bonds is 2. The molecule has 0 saturated carbocycles. The molecule has 0 radical (unpaired) electrons. The van der Waals surface area contributed by atoms with Crippen molar-refractivity contribution in [1.29, 1.82) is 0 Å². The Bertz CT molecular complexity index is 482. The molecule has 1 fully saturated rings. The van der Waals surface area contributed by atoms with Gasteiger partial charge in [-0.25, -0.2) is 0 Å². The van der Waals surface area contributed by atoms with Crippen LogP contribution in [0, 0.1) is 0 Å². The second kappa shape index (κ2) is 5.19. The number of benzene rings is 1. The normalized spacial score (nSPS) is 22.4. The monoisotopic (exact) mass is 275 g/mol. The Balaban J connectivity index is 2.19. The number of nitrogens with zero attached hydrogens (tertiary/aromatic N) is 2. The first-order valence-corrected chi connectivity index (χ1v) is 7.10. The largest absolute Gasteiger partial charge is 0.338 e. The van der Waals surface area contributed by atoms with Gasteiger partial charge in [0.15, 0.2) is 0 Å². The van der Waals surface area contributed by atoms with Crippen molar-refractivity contribution in [1.82, 2.24) is 9.80 Å². The molecule has 1 saturated heterocycles. The SMILES string of the molecule is CN1CCN(C(=O)C(C)(N)c2ccccc2)CC1(C)C. The van der Waals surface area contributed by atoms with Crippen LogP contribution in [0.5, 0.6) is 0 Å². The zero-order chi connectivity index (χ0) is 15.0. The van der Waals surface area contributed by atoms with Gasteiger partial charge < -0.3 is 10.6 Å². The smallest absolute Gasteiger partial charge is 0.247 e. The molecule has 1 aliphatic heterocycles. The van der Waals surface area contributed by atoms with Gasteiger partial charge in [-0.15, -0.1) is 0 Å². The van der Waals surface area contributed by atoms with E-state index in [1.54, 1.807) is 6.92 Å². The van der Waals surface area contributed by atoms with Gasteiger partial charge >= 0.3 is 0 Å². The summed E-state index contributed by atoms with van der Waals surface area (Å²) in [4.78, 5) is 17.0. The first-order chi connectivity index (χ1) is 9.25. The van der Waals surface area contributed by atoms with E-state index >= 15 is 0 Å². The standard InChI is InChI=1S/C16H25N3O/c1-15(2)12-19(11-10-18(15)4)14(20)16(3,17)13-8-6-5-7-9-13/h5-9H,10-12,17H2,1-4H3. The van der Waals surface area contributed by atoms with Gasteiger partial charge in [-0.1, -0.05) is 30.3 Å². The fraction of sp³-hybridized carbons (Fsp3) is 0.562. The Hall–Kier alpha value is -1.39. The molecule has 0 aromatic heterocycles. The summed E-state index contributed by atoms with van der Waals surface area (Å²) in [7, 11) is 2.10. The molecule has 110 valence electrons. The minimum atomic E-state index is -0.965. The maximum absolute atomic E-state index is 12.8. The van der Waals surface area contributed by atoms with E-state index in [-0.39, 0.29) is 11.4 Å². The van der Waals surface area contributed by atoms with Crippen LogP contribution >= 0.6 is 0 Å². The molecule has 2 N–H and O–H groups in total. The first-order valence-electron chi connectivity index (χ1n) is 7.10. The highest BCUT2D eigenvalue weighted by Crippen LogP contribution is 2.25. The molecule has 2 rings (SSSR count). The van der Waals surface area contributed by atoms with Gasteiger partial charge in [-0.3, -0.25) is 9.69 Å². The maximum Gasteiger partial charge on any atom is 0.247 e. The van der Waals surface area contributed by atoms with Crippen molar-refractivity contribution in [2.75, 3.05) is 26.7 Å². The van der Waals surface area contributed by atoms with Gasteiger partial charge in [0.25, 0.3) is 0 Å². The third kappa shape index (κ3) is 2.72. The minimum Gasteiger partial charge on any atom is -0.338 e. The summed E-state index contributed by atoms with van der Waals surface area (Å²) in [6, 6.07) is 9.60. The molecule has 20 heavy (non-hydrogen) atoms. The second-order valence-corrected chi connectivity index (χ2v) is 6.53. The third-order valence-corrected chi connectivity index (χ3v) is 4.42. The molecule has 0 spiro atoms.